The van der Waals surface area contributed by atoms with Gasteiger partial charge in [0.25, 0.3) is 0 Å². The van der Waals surface area contributed by atoms with E-state index < -0.39 is 0 Å². The lowest BCUT2D eigenvalue weighted by Crippen LogP contribution is -1.96. The molecule has 0 aliphatic rings. The van der Waals surface area contributed by atoms with Crippen LogP contribution in [0.2, 0.25) is 0 Å². The molecule has 0 amide bonds. The zero-order valence-electron chi connectivity index (χ0n) is 7.16. The van der Waals surface area contributed by atoms with E-state index in [9.17, 15) is 0 Å². The van der Waals surface area contributed by atoms with Gasteiger partial charge in [-0.05, 0) is 12.1 Å². The van der Waals surface area contributed by atoms with Crippen LogP contribution >= 0.6 is 11.3 Å². The highest BCUT2D eigenvalue weighted by Gasteiger charge is 2.04. The maximum Gasteiger partial charge on any atom is 0.229 e. The Labute approximate surface area is 83.8 Å². The molecule has 3 rings (SSSR count). The number of nitrogens with zero attached hydrogens (tertiary/aromatic N) is 4. The van der Waals surface area contributed by atoms with E-state index in [-0.39, 0.29) is 0 Å². The molecule has 4 nitrogen and oxygen atoms in total. The van der Waals surface area contributed by atoms with Gasteiger partial charge in [-0.3, -0.25) is 0 Å². The summed E-state index contributed by atoms with van der Waals surface area (Å²) >= 11 is 1.52. The first-order chi connectivity index (χ1) is 6.93. The maximum absolute atomic E-state index is 4.31. The topological polar surface area (TPSA) is 43.6 Å². The Morgan fingerprint density at radius 1 is 1.07 bits per heavy atom. The van der Waals surface area contributed by atoms with E-state index in [2.05, 4.69) is 15.2 Å². The molecule has 0 fully saturated rings. The van der Waals surface area contributed by atoms with Crippen LogP contribution in [0.15, 0.2) is 35.8 Å². The second-order valence-electron chi connectivity index (χ2n) is 2.79. The minimum atomic E-state index is 0.793. The molecule has 0 saturated carbocycles. The molecule has 5 heteroatoms. The predicted molar refractivity (Wildman–Crippen MR) is 54.5 cm³/mol. The van der Waals surface area contributed by atoms with Crippen molar-refractivity contribution in [3.63, 3.8) is 0 Å². The SMILES string of the molecule is c1ccc2nn(-c3nccs3)nc2c1. The zero-order valence-corrected chi connectivity index (χ0v) is 7.98. The van der Waals surface area contributed by atoms with Gasteiger partial charge in [0.15, 0.2) is 0 Å². The van der Waals surface area contributed by atoms with Gasteiger partial charge in [0.05, 0.1) is 0 Å². The van der Waals surface area contributed by atoms with Crippen molar-refractivity contribution in [1.82, 2.24) is 20.0 Å². The van der Waals surface area contributed by atoms with Gasteiger partial charge in [0.1, 0.15) is 11.0 Å². The molecule has 0 bridgehead atoms. The lowest BCUT2D eigenvalue weighted by Gasteiger charge is -1.88. The minimum absolute atomic E-state index is 0.793. The van der Waals surface area contributed by atoms with Gasteiger partial charge < -0.3 is 0 Å². The lowest BCUT2D eigenvalue weighted by atomic mass is 10.3. The maximum atomic E-state index is 4.31. The molecule has 0 aliphatic heterocycles. The van der Waals surface area contributed by atoms with Crippen molar-refractivity contribution >= 4 is 22.4 Å². The van der Waals surface area contributed by atoms with Crippen LogP contribution in [0, 0.1) is 0 Å². The number of benzene rings is 1. The Morgan fingerprint density at radius 3 is 2.36 bits per heavy atom. The molecule has 0 saturated heterocycles. The molecule has 0 unspecified atom stereocenters. The van der Waals surface area contributed by atoms with Gasteiger partial charge in [0.2, 0.25) is 5.13 Å². The normalized spacial score (nSPS) is 10.9. The van der Waals surface area contributed by atoms with Crippen LogP contribution in [-0.2, 0) is 0 Å². The van der Waals surface area contributed by atoms with E-state index in [1.54, 1.807) is 11.0 Å². The molecule has 3 aromatic rings. The molecule has 0 N–H and O–H groups in total. The number of aromatic nitrogens is 4. The standard InChI is InChI=1S/C9H6N4S/c1-2-4-8-7(3-1)11-13(12-8)9-10-5-6-14-9/h1-6H. The van der Waals surface area contributed by atoms with E-state index in [0.717, 1.165) is 16.2 Å². The van der Waals surface area contributed by atoms with E-state index in [1.807, 2.05) is 29.6 Å². The minimum Gasteiger partial charge on any atom is -0.226 e. The summed E-state index contributed by atoms with van der Waals surface area (Å²) in [6.07, 6.45) is 1.74. The summed E-state index contributed by atoms with van der Waals surface area (Å²) in [5, 5.41) is 11.3. The molecular weight excluding hydrogens is 196 g/mol. The highest BCUT2D eigenvalue weighted by Crippen LogP contribution is 2.13. The third-order valence-electron chi connectivity index (χ3n) is 1.88. The molecule has 2 aromatic heterocycles. The van der Waals surface area contributed by atoms with E-state index in [1.165, 1.54) is 11.3 Å². The van der Waals surface area contributed by atoms with Crippen LogP contribution in [0.1, 0.15) is 0 Å². The molecule has 0 atom stereocenters. The molecule has 14 heavy (non-hydrogen) atoms. The molecule has 0 radical (unpaired) electrons. The molecule has 0 aliphatic carbocycles. The summed E-state index contributed by atoms with van der Waals surface area (Å²) < 4.78 is 0. The fourth-order valence-electron chi connectivity index (χ4n) is 1.26. The zero-order chi connectivity index (χ0) is 9.38. The smallest absolute Gasteiger partial charge is 0.226 e. The van der Waals surface area contributed by atoms with Gasteiger partial charge >= 0.3 is 0 Å². The molecule has 1 aromatic carbocycles. The van der Waals surface area contributed by atoms with Crippen molar-refractivity contribution in [2.45, 2.75) is 0 Å². The molecule has 68 valence electrons. The van der Waals surface area contributed by atoms with E-state index >= 15 is 0 Å². The highest BCUT2D eigenvalue weighted by molar-refractivity contribution is 7.12. The Balaban J connectivity index is 2.24. The highest BCUT2D eigenvalue weighted by atomic mass is 32.1. The van der Waals surface area contributed by atoms with Crippen molar-refractivity contribution in [1.29, 1.82) is 0 Å². The van der Waals surface area contributed by atoms with Crippen LogP contribution in [-0.4, -0.2) is 20.0 Å². The summed E-state index contributed by atoms with van der Waals surface area (Å²) in [4.78, 5) is 5.70. The van der Waals surface area contributed by atoms with Gasteiger partial charge in [-0.1, -0.05) is 12.1 Å². The van der Waals surface area contributed by atoms with Crippen LogP contribution < -0.4 is 0 Å². The number of hydrogen-bond acceptors (Lipinski definition) is 4. The van der Waals surface area contributed by atoms with Gasteiger partial charge in [-0.15, -0.1) is 26.3 Å². The van der Waals surface area contributed by atoms with Crippen LogP contribution in [0.25, 0.3) is 16.2 Å². The Bertz CT molecular complexity index is 522. The van der Waals surface area contributed by atoms with E-state index in [4.69, 9.17) is 0 Å². The summed E-state index contributed by atoms with van der Waals surface area (Å²) in [5.74, 6) is 0. The first kappa shape index (κ1) is 7.64. The number of hydrogen-bond donors (Lipinski definition) is 0. The molecular formula is C9H6N4S. The first-order valence-electron chi connectivity index (χ1n) is 4.15. The summed E-state index contributed by atoms with van der Waals surface area (Å²) in [6.45, 7) is 0. The third kappa shape index (κ3) is 1.10. The van der Waals surface area contributed by atoms with Crippen molar-refractivity contribution in [2.75, 3.05) is 0 Å². The first-order valence-corrected chi connectivity index (χ1v) is 5.03. The molecule has 2 heterocycles. The largest absolute Gasteiger partial charge is 0.229 e. The van der Waals surface area contributed by atoms with E-state index in [0.29, 0.717) is 0 Å². The second-order valence-corrected chi connectivity index (χ2v) is 3.67. The molecule has 0 spiro atoms. The quantitative estimate of drug-likeness (QED) is 0.605. The lowest BCUT2D eigenvalue weighted by molar-refractivity contribution is 0.759. The summed E-state index contributed by atoms with van der Waals surface area (Å²) in [7, 11) is 0. The summed E-state index contributed by atoms with van der Waals surface area (Å²) in [5.41, 5.74) is 1.78. The Morgan fingerprint density at radius 2 is 1.79 bits per heavy atom. The van der Waals surface area contributed by atoms with Crippen molar-refractivity contribution in [3.05, 3.63) is 35.8 Å². The summed E-state index contributed by atoms with van der Waals surface area (Å²) in [6, 6.07) is 7.77. The van der Waals surface area contributed by atoms with Crippen LogP contribution in [0.3, 0.4) is 0 Å². The monoisotopic (exact) mass is 202 g/mol. The van der Waals surface area contributed by atoms with Gasteiger partial charge in [-0.25, -0.2) is 4.98 Å². The number of thiazole rings is 1. The fraction of sp³-hybridized carbons (Fsp3) is 0. The number of rotatable bonds is 1. The second kappa shape index (κ2) is 2.88. The average molecular weight is 202 g/mol. The van der Waals surface area contributed by atoms with Crippen LogP contribution in [0.5, 0.6) is 0 Å². The Kier molecular flexibility index (Phi) is 1.57. The van der Waals surface area contributed by atoms with Crippen molar-refractivity contribution in [3.8, 4) is 5.13 Å². The number of fused-ring (bicyclic) bond motifs is 1. The van der Waals surface area contributed by atoms with Crippen LogP contribution in [0.4, 0.5) is 0 Å². The van der Waals surface area contributed by atoms with Crippen molar-refractivity contribution in [2.24, 2.45) is 0 Å². The predicted octanol–water partition coefficient (Wildman–Crippen LogP) is 1.88. The van der Waals surface area contributed by atoms with Gasteiger partial charge in [0, 0.05) is 11.6 Å². The Hall–Kier alpha value is -1.75. The van der Waals surface area contributed by atoms with Crippen molar-refractivity contribution < 1.29 is 0 Å². The third-order valence-corrected chi connectivity index (χ3v) is 2.61. The van der Waals surface area contributed by atoms with Gasteiger partial charge in [-0.2, -0.15) is 0 Å². The average Bonchev–Trinajstić information content (AvgIpc) is 2.86. The fourth-order valence-corrected chi connectivity index (χ4v) is 1.80.